The van der Waals surface area contributed by atoms with Crippen LogP contribution < -0.4 is 19.5 Å². The molecular weight excluding hydrogens is 408 g/mol. The highest BCUT2D eigenvalue weighted by atomic mass is 32.2. The fourth-order valence-corrected chi connectivity index (χ4v) is 3.81. The van der Waals surface area contributed by atoms with Gasteiger partial charge in [0.05, 0.1) is 11.5 Å². The van der Waals surface area contributed by atoms with Crippen molar-refractivity contribution in [3.8, 4) is 17.2 Å². The molecule has 2 aromatic rings. The van der Waals surface area contributed by atoms with Crippen molar-refractivity contribution in [2.24, 2.45) is 0 Å². The first-order chi connectivity index (χ1) is 14.5. The monoisotopic (exact) mass is 426 g/mol. The van der Waals surface area contributed by atoms with Gasteiger partial charge in [-0.2, -0.15) is 0 Å². The summed E-state index contributed by atoms with van der Waals surface area (Å²) in [5.74, 6) is 0.725. The number of carbonyl (C=O) groups excluding carboxylic acids is 3. The molecule has 2 heterocycles. The number of rotatable bonds is 6. The van der Waals surface area contributed by atoms with E-state index in [-0.39, 0.29) is 18.2 Å². The summed E-state index contributed by atoms with van der Waals surface area (Å²) in [7, 11) is 0. The molecule has 0 spiro atoms. The SMILES string of the molecule is CCOc1ccccc1/C=C1\SC(=O)N(CC(=O)Nc2ccc3c(c2)OCO3)C1=O. The first-order valence-corrected chi connectivity index (χ1v) is 10.0. The molecule has 2 aromatic carbocycles. The van der Waals surface area contributed by atoms with Gasteiger partial charge in [-0.1, -0.05) is 18.2 Å². The minimum atomic E-state index is -0.517. The normalized spacial score (nSPS) is 16.3. The molecule has 0 aliphatic carbocycles. The zero-order chi connectivity index (χ0) is 21.1. The quantitative estimate of drug-likeness (QED) is 0.707. The van der Waals surface area contributed by atoms with Gasteiger partial charge in [0.1, 0.15) is 12.3 Å². The molecule has 9 heteroatoms. The number of nitrogens with zero attached hydrogens (tertiary/aromatic N) is 1. The first kappa shape index (κ1) is 19.8. The van der Waals surface area contributed by atoms with Crippen LogP contribution >= 0.6 is 11.8 Å². The van der Waals surface area contributed by atoms with Crippen LogP contribution in [0, 0.1) is 0 Å². The van der Waals surface area contributed by atoms with Crippen LogP contribution in [0.5, 0.6) is 17.2 Å². The minimum absolute atomic E-state index is 0.127. The zero-order valence-corrected chi connectivity index (χ0v) is 16.9. The summed E-state index contributed by atoms with van der Waals surface area (Å²) in [6, 6.07) is 12.2. The van der Waals surface area contributed by atoms with Crippen molar-refractivity contribution in [1.29, 1.82) is 0 Å². The van der Waals surface area contributed by atoms with Crippen molar-refractivity contribution in [1.82, 2.24) is 4.90 Å². The van der Waals surface area contributed by atoms with Crippen LogP contribution in [0.2, 0.25) is 0 Å². The summed E-state index contributed by atoms with van der Waals surface area (Å²) in [5, 5.41) is 2.16. The number of thioether (sulfide) groups is 1. The molecule has 154 valence electrons. The van der Waals surface area contributed by atoms with E-state index in [4.69, 9.17) is 14.2 Å². The van der Waals surface area contributed by atoms with Gasteiger partial charge in [0.25, 0.3) is 11.1 Å². The summed E-state index contributed by atoms with van der Waals surface area (Å²) >= 11 is 0.794. The standard InChI is InChI=1S/C21H18N2O6S/c1-2-27-15-6-4-3-5-13(15)9-18-20(25)23(21(26)30-18)11-19(24)22-14-7-8-16-17(10-14)29-12-28-16/h3-10H,2,11-12H2,1H3,(H,22,24)/b18-9-. The lowest BCUT2D eigenvalue weighted by atomic mass is 10.2. The average molecular weight is 426 g/mol. The molecule has 0 radical (unpaired) electrons. The van der Waals surface area contributed by atoms with Crippen LogP contribution in [0.15, 0.2) is 47.4 Å². The van der Waals surface area contributed by atoms with Crippen LogP contribution in [0.3, 0.4) is 0 Å². The van der Waals surface area contributed by atoms with Gasteiger partial charge in [-0.15, -0.1) is 0 Å². The van der Waals surface area contributed by atoms with Gasteiger partial charge < -0.3 is 19.5 Å². The summed E-state index contributed by atoms with van der Waals surface area (Å²) in [5.41, 5.74) is 1.17. The van der Waals surface area contributed by atoms with Crippen LogP contribution in [0.1, 0.15) is 12.5 Å². The van der Waals surface area contributed by atoms with E-state index in [0.29, 0.717) is 35.1 Å². The number of imide groups is 1. The van der Waals surface area contributed by atoms with E-state index in [0.717, 1.165) is 16.7 Å². The van der Waals surface area contributed by atoms with E-state index in [2.05, 4.69) is 5.32 Å². The molecule has 1 N–H and O–H groups in total. The van der Waals surface area contributed by atoms with E-state index in [1.165, 1.54) is 0 Å². The molecule has 3 amide bonds. The molecule has 0 bridgehead atoms. The molecular formula is C21H18N2O6S. The Labute approximate surface area is 176 Å². The van der Waals surface area contributed by atoms with Crippen molar-refractivity contribution in [2.75, 3.05) is 25.3 Å². The highest BCUT2D eigenvalue weighted by Crippen LogP contribution is 2.35. The molecule has 4 rings (SSSR count). The second-order valence-corrected chi connectivity index (χ2v) is 7.35. The fourth-order valence-electron chi connectivity index (χ4n) is 2.98. The second-order valence-electron chi connectivity index (χ2n) is 6.35. The number of nitrogens with one attached hydrogen (secondary N) is 1. The van der Waals surface area contributed by atoms with Gasteiger partial charge in [0.15, 0.2) is 11.5 Å². The Bertz CT molecular complexity index is 1050. The number of benzene rings is 2. The van der Waals surface area contributed by atoms with Crippen molar-refractivity contribution in [2.45, 2.75) is 6.92 Å². The third-order valence-corrected chi connectivity index (χ3v) is 5.24. The van der Waals surface area contributed by atoms with Crippen molar-refractivity contribution >= 4 is 40.6 Å². The van der Waals surface area contributed by atoms with E-state index in [1.807, 2.05) is 19.1 Å². The predicted octanol–water partition coefficient (Wildman–Crippen LogP) is 3.49. The Hall–Kier alpha value is -3.46. The number of fused-ring (bicyclic) bond motifs is 1. The smallest absolute Gasteiger partial charge is 0.294 e. The fraction of sp³-hybridized carbons (Fsp3) is 0.190. The molecule has 0 unspecified atom stereocenters. The number of para-hydroxylation sites is 1. The summed E-state index contributed by atoms with van der Waals surface area (Å²) in [6.45, 7) is 2.08. The van der Waals surface area contributed by atoms with Gasteiger partial charge in [-0.3, -0.25) is 19.3 Å². The van der Waals surface area contributed by atoms with Crippen molar-refractivity contribution in [3.05, 3.63) is 52.9 Å². The minimum Gasteiger partial charge on any atom is -0.493 e. The third-order valence-electron chi connectivity index (χ3n) is 4.34. The van der Waals surface area contributed by atoms with Crippen LogP contribution in [-0.2, 0) is 9.59 Å². The summed E-state index contributed by atoms with van der Waals surface area (Å²) < 4.78 is 16.1. The number of hydrogen-bond acceptors (Lipinski definition) is 7. The lowest BCUT2D eigenvalue weighted by Crippen LogP contribution is -2.36. The average Bonchev–Trinajstić information content (AvgIpc) is 3.29. The molecule has 1 fully saturated rings. The highest BCUT2D eigenvalue weighted by Gasteiger charge is 2.36. The summed E-state index contributed by atoms with van der Waals surface area (Å²) in [4.78, 5) is 38.5. The van der Waals surface area contributed by atoms with E-state index in [9.17, 15) is 14.4 Å². The maximum Gasteiger partial charge on any atom is 0.294 e. The van der Waals surface area contributed by atoms with Crippen LogP contribution in [0.4, 0.5) is 10.5 Å². The lowest BCUT2D eigenvalue weighted by molar-refractivity contribution is -0.127. The lowest BCUT2D eigenvalue weighted by Gasteiger charge is -2.12. The van der Waals surface area contributed by atoms with E-state index in [1.54, 1.807) is 36.4 Å². The van der Waals surface area contributed by atoms with Crippen molar-refractivity contribution < 1.29 is 28.6 Å². The van der Waals surface area contributed by atoms with E-state index >= 15 is 0 Å². The van der Waals surface area contributed by atoms with Gasteiger partial charge in [-0.25, -0.2) is 0 Å². The molecule has 1 saturated heterocycles. The number of ether oxygens (including phenoxy) is 3. The molecule has 0 aromatic heterocycles. The van der Waals surface area contributed by atoms with Gasteiger partial charge in [0, 0.05) is 17.3 Å². The van der Waals surface area contributed by atoms with Gasteiger partial charge in [0.2, 0.25) is 12.7 Å². The largest absolute Gasteiger partial charge is 0.493 e. The third kappa shape index (κ3) is 4.11. The number of carbonyl (C=O) groups is 3. The molecule has 0 saturated carbocycles. The summed E-state index contributed by atoms with van der Waals surface area (Å²) in [6.07, 6.45) is 1.60. The molecule has 2 aliphatic heterocycles. The Morgan fingerprint density at radius 3 is 2.83 bits per heavy atom. The Balaban J connectivity index is 1.45. The Morgan fingerprint density at radius 1 is 1.20 bits per heavy atom. The second kappa shape index (κ2) is 8.50. The van der Waals surface area contributed by atoms with E-state index < -0.39 is 17.1 Å². The van der Waals surface area contributed by atoms with Gasteiger partial charge in [-0.05, 0) is 43.0 Å². The highest BCUT2D eigenvalue weighted by molar-refractivity contribution is 8.18. The molecule has 30 heavy (non-hydrogen) atoms. The predicted molar refractivity (Wildman–Crippen MR) is 111 cm³/mol. The Kier molecular flexibility index (Phi) is 5.62. The Morgan fingerprint density at radius 2 is 2.00 bits per heavy atom. The maximum atomic E-state index is 12.7. The maximum absolute atomic E-state index is 12.7. The first-order valence-electron chi connectivity index (χ1n) is 9.22. The molecule has 0 atom stereocenters. The van der Waals surface area contributed by atoms with Crippen molar-refractivity contribution in [3.63, 3.8) is 0 Å². The zero-order valence-electron chi connectivity index (χ0n) is 16.0. The van der Waals surface area contributed by atoms with Crippen LogP contribution in [-0.4, -0.2) is 41.9 Å². The number of hydrogen-bond donors (Lipinski definition) is 1. The molecule has 8 nitrogen and oxygen atoms in total. The van der Waals surface area contributed by atoms with Crippen LogP contribution in [0.25, 0.3) is 6.08 Å². The molecule has 2 aliphatic rings. The number of anilines is 1. The number of amides is 3. The van der Waals surface area contributed by atoms with Gasteiger partial charge >= 0.3 is 0 Å². The topological polar surface area (TPSA) is 94.2 Å².